The zero-order valence-corrected chi connectivity index (χ0v) is 15.2. The summed E-state index contributed by atoms with van der Waals surface area (Å²) >= 11 is 0. The summed E-state index contributed by atoms with van der Waals surface area (Å²) in [4.78, 5) is 0. The highest BCUT2D eigenvalue weighted by Crippen LogP contribution is 2.48. The maximum absolute atomic E-state index is 16.2. The summed E-state index contributed by atoms with van der Waals surface area (Å²) in [6.45, 7) is 0. The molecule has 0 aliphatic heterocycles. The standard InChI is InChI=1S/C19F15/c20-3-1-2(6(21)12(27)7(3)22)19(34,4-8(23)13(28)17(32)14(29)9(4)24)5-10(25)15(30)18(33)16(31)11(5)26. The van der Waals surface area contributed by atoms with E-state index in [2.05, 4.69) is 0 Å². The molecule has 0 heterocycles. The maximum Gasteiger partial charge on any atom is 0.201 e. The molecule has 0 atom stereocenters. The van der Waals surface area contributed by atoms with E-state index in [-0.39, 0.29) is 0 Å². The van der Waals surface area contributed by atoms with E-state index in [1.165, 1.54) is 0 Å². The van der Waals surface area contributed by atoms with E-state index in [0.29, 0.717) is 6.07 Å². The van der Waals surface area contributed by atoms with Gasteiger partial charge in [-0.15, -0.1) is 0 Å². The molecule has 1 radical (unpaired) electrons. The van der Waals surface area contributed by atoms with Crippen LogP contribution in [0.15, 0.2) is 0 Å². The number of halogens is 15. The zero-order chi connectivity index (χ0) is 26.0. The van der Waals surface area contributed by atoms with E-state index >= 15 is 4.39 Å². The lowest BCUT2D eigenvalue weighted by atomic mass is 9.79. The molecular formula is C19F15. The topological polar surface area (TPSA) is 0 Å². The lowest BCUT2D eigenvalue weighted by Crippen LogP contribution is -2.34. The van der Waals surface area contributed by atoms with E-state index < -0.39 is 104 Å². The van der Waals surface area contributed by atoms with Crippen LogP contribution in [0.1, 0.15) is 16.7 Å². The van der Waals surface area contributed by atoms with Crippen molar-refractivity contribution in [1.29, 1.82) is 0 Å². The van der Waals surface area contributed by atoms with Crippen LogP contribution in [-0.4, -0.2) is 0 Å². The van der Waals surface area contributed by atoms with Crippen LogP contribution in [0.5, 0.6) is 0 Å². The van der Waals surface area contributed by atoms with Gasteiger partial charge in [-0.1, -0.05) is 0 Å². The molecule has 0 amide bonds. The Balaban J connectivity index is 2.72. The van der Waals surface area contributed by atoms with Crippen LogP contribution in [0.25, 0.3) is 0 Å². The van der Waals surface area contributed by atoms with E-state index in [9.17, 15) is 61.5 Å². The second-order valence-electron chi connectivity index (χ2n) is 6.30. The third-order valence-electron chi connectivity index (χ3n) is 4.49. The molecule has 0 saturated carbocycles. The molecule has 0 aliphatic carbocycles. The third kappa shape index (κ3) is 3.20. The monoisotopic (exact) mass is 513 g/mol. The second-order valence-corrected chi connectivity index (χ2v) is 6.30. The van der Waals surface area contributed by atoms with Gasteiger partial charge in [0.1, 0.15) is 0 Å². The molecule has 0 nitrogen and oxygen atoms in total. The van der Waals surface area contributed by atoms with E-state index in [1.807, 2.05) is 0 Å². The average molecular weight is 513 g/mol. The van der Waals surface area contributed by atoms with E-state index in [0.717, 1.165) is 0 Å². The fourth-order valence-electron chi connectivity index (χ4n) is 2.95. The molecule has 34 heavy (non-hydrogen) atoms. The third-order valence-corrected chi connectivity index (χ3v) is 4.49. The van der Waals surface area contributed by atoms with Gasteiger partial charge in [0.2, 0.25) is 17.3 Å². The van der Waals surface area contributed by atoms with Crippen molar-refractivity contribution in [3.05, 3.63) is 104 Å². The maximum atomic E-state index is 16.2. The molecule has 0 aromatic heterocycles. The molecule has 0 bridgehead atoms. The Labute approximate surface area is 176 Å². The van der Waals surface area contributed by atoms with E-state index in [1.54, 1.807) is 0 Å². The minimum atomic E-state index is -5.62. The Morgan fingerprint density at radius 2 is 0.618 bits per heavy atom. The number of benzene rings is 3. The SMILES string of the molecule is Fc1[c]c(C(F)(c2c(F)c(F)c(F)c(F)c2F)c2c(F)c(F)c(F)c(F)c2F)c(F)c(F)c1F. The Bertz CT molecular complexity index is 1230. The molecular weight excluding hydrogens is 513 g/mol. The molecule has 0 fully saturated rings. The van der Waals surface area contributed by atoms with Crippen LogP contribution in [-0.2, 0) is 5.67 Å². The summed E-state index contributed by atoms with van der Waals surface area (Å²) in [5, 5.41) is 0. The van der Waals surface area contributed by atoms with Gasteiger partial charge in [-0.25, -0.2) is 65.9 Å². The number of hydrogen-bond acceptors (Lipinski definition) is 0. The molecule has 0 aliphatic rings. The van der Waals surface area contributed by atoms with Crippen molar-refractivity contribution in [3.8, 4) is 0 Å². The summed E-state index contributed by atoms with van der Waals surface area (Å²) in [7, 11) is 0. The van der Waals surface area contributed by atoms with Crippen LogP contribution in [0.3, 0.4) is 0 Å². The van der Waals surface area contributed by atoms with Gasteiger partial charge < -0.3 is 0 Å². The molecule has 0 saturated heterocycles. The number of alkyl halides is 1. The first-order chi connectivity index (χ1) is 15.6. The van der Waals surface area contributed by atoms with Crippen molar-refractivity contribution in [2.75, 3.05) is 0 Å². The van der Waals surface area contributed by atoms with E-state index in [4.69, 9.17) is 0 Å². The van der Waals surface area contributed by atoms with Crippen molar-refractivity contribution in [3.63, 3.8) is 0 Å². The summed E-state index contributed by atoms with van der Waals surface area (Å²) in [6, 6.07) is 0.563. The molecule has 181 valence electrons. The highest BCUT2D eigenvalue weighted by Gasteiger charge is 2.52. The van der Waals surface area contributed by atoms with Gasteiger partial charge in [-0.2, -0.15) is 0 Å². The van der Waals surface area contributed by atoms with Crippen molar-refractivity contribution >= 4 is 0 Å². The summed E-state index contributed by atoms with van der Waals surface area (Å²) < 4.78 is 210. The predicted molar refractivity (Wildman–Crippen MR) is 78.6 cm³/mol. The fraction of sp³-hybridized carbons (Fsp3) is 0.0526. The van der Waals surface area contributed by atoms with Crippen LogP contribution in [0.2, 0.25) is 0 Å². The van der Waals surface area contributed by atoms with Crippen molar-refractivity contribution in [2.45, 2.75) is 5.67 Å². The first-order valence-electron chi connectivity index (χ1n) is 8.08. The molecule has 3 rings (SSSR count). The van der Waals surface area contributed by atoms with Crippen molar-refractivity contribution in [2.24, 2.45) is 0 Å². The Kier molecular flexibility index (Phi) is 6.03. The lowest BCUT2D eigenvalue weighted by Gasteiger charge is -2.29. The van der Waals surface area contributed by atoms with Crippen LogP contribution in [0.4, 0.5) is 65.9 Å². The Morgan fingerprint density at radius 1 is 0.353 bits per heavy atom. The van der Waals surface area contributed by atoms with Crippen molar-refractivity contribution in [1.82, 2.24) is 0 Å². The Morgan fingerprint density at radius 3 is 0.941 bits per heavy atom. The molecule has 0 N–H and O–H groups in total. The van der Waals surface area contributed by atoms with Crippen LogP contribution >= 0.6 is 0 Å². The van der Waals surface area contributed by atoms with Gasteiger partial charge in [-0.05, 0) is 0 Å². The van der Waals surface area contributed by atoms with Crippen LogP contribution in [0, 0.1) is 87.5 Å². The summed E-state index contributed by atoms with van der Waals surface area (Å²) in [5.41, 5.74) is -14.8. The van der Waals surface area contributed by atoms with Gasteiger partial charge in [0.05, 0.1) is 11.1 Å². The Hall–Kier alpha value is -3.39. The van der Waals surface area contributed by atoms with Gasteiger partial charge in [0.15, 0.2) is 69.8 Å². The molecule has 3 aromatic rings. The first-order valence-corrected chi connectivity index (χ1v) is 8.08. The zero-order valence-electron chi connectivity index (χ0n) is 15.2. The largest absolute Gasteiger partial charge is 0.227 e. The van der Waals surface area contributed by atoms with Gasteiger partial charge in [0.25, 0.3) is 0 Å². The first kappa shape index (κ1) is 25.2. The average Bonchev–Trinajstić information content (AvgIpc) is 2.79. The molecule has 15 heteroatoms. The minimum Gasteiger partial charge on any atom is -0.227 e. The summed E-state index contributed by atoms with van der Waals surface area (Å²) in [6.07, 6.45) is 0. The fourth-order valence-corrected chi connectivity index (χ4v) is 2.95. The van der Waals surface area contributed by atoms with Gasteiger partial charge in [0, 0.05) is 11.6 Å². The lowest BCUT2D eigenvalue weighted by molar-refractivity contribution is 0.214. The summed E-state index contributed by atoms with van der Waals surface area (Å²) in [5.74, 6) is -43.7. The molecule has 0 spiro atoms. The highest BCUT2D eigenvalue weighted by molar-refractivity contribution is 5.51. The van der Waals surface area contributed by atoms with Crippen molar-refractivity contribution < 1.29 is 65.9 Å². The normalized spacial score (nSPS) is 12.0. The van der Waals surface area contributed by atoms with Crippen LogP contribution < -0.4 is 0 Å². The predicted octanol–water partition coefficient (Wildman–Crippen LogP) is 6.70. The quantitative estimate of drug-likeness (QED) is 0.158. The van der Waals surface area contributed by atoms with Gasteiger partial charge in [-0.3, -0.25) is 0 Å². The molecule has 3 aromatic carbocycles. The number of rotatable bonds is 3. The molecule has 0 unspecified atom stereocenters. The second kappa shape index (κ2) is 8.13. The smallest absolute Gasteiger partial charge is 0.201 e. The van der Waals surface area contributed by atoms with Gasteiger partial charge >= 0.3 is 0 Å². The highest BCUT2D eigenvalue weighted by atomic mass is 19.2. The number of hydrogen-bond donors (Lipinski definition) is 0. The minimum absolute atomic E-state index is 0.563.